The Morgan fingerprint density at radius 1 is 1.12 bits per heavy atom. The van der Waals surface area contributed by atoms with Gasteiger partial charge in [0.1, 0.15) is 12.4 Å². The molecule has 3 aromatic rings. The Kier molecular flexibility index (Phi) is 8.09. The monoisotopic (exact) mass is 592 g/mol. The second kappa shape index (κ2) is 11.8. The van der Waals surface area contributed by atoms with Gasteiger partial charge in [-0.25, -0.2) is 4.39 Å². The van der Waals surface area contributed by atoms with Crippen LogP contribution >= 0.6 is 11.6 Å². The fourth-order valence-electron chi connectivity index (χ4n) is 6.76. The summed E-state index contributed by atoms with van der Waals surface area (Å²) in [5.41, 5.74) is 3.20. The number of likely N-dealkylation sites (tertiary alicyclic amines) is 1. The largest absolute Gasteiger partial charge is 0.462 e. The van der Waals surface area contributed by atoms with Gasteiger partial charge in [0.2, 0.25) is 0 Å². The number of ether oxygens (including phenoxy) is 1. The number of hydrogen-bond acceptors (Lipinski definition) is 7. The zero-order chi connectivity index (χ0) is 29.5. The maximum atomic E-state index is 13.6. The van der Waals surface area contributed by atoms with Crippen LogP contribution in [0.1, 0.15) is 42.6 Å². The van der Waals surface area contributed by atoms with Crippen LogP contribution in [0.15, 0.2) is 48.8 Å². The molecule has 8 nitrogen and oxygen atoms in total. The maximum absolute atomic E-state index is 13.6. The summed E-state index contributed by atoms with van der Waals surface area (Å²) >= 11 is 6.73. The van der Waals surface area contributed by atoms with E-state index >= 15 is 0 Å². The number of nitrogens with zero attached hydrogens (tertiary/aromatic N) is 6. The van der Waals surface area contributed by atoms with Crippen molar-refractivity contribution in [3.05, 3.63) is 70.6 Å². The van der Waals surface area contributed by atoms with Gasteiger partial charge in [-0.3, -0.25) is 9.69 Å². The number of halogens is 2. The van der Waals surface area contributed by atoms with Crippen LogP contribution in [0.3, 0.4) is 0 Å². The molecule has 4 heterocycles. The molecule has 2 unspecified atom stereocenters. The van der Waals surface area contributed by atoms with Crippen LogP contribution in [0.2, 0.25) is 5.02 Å². The molecular weight excluding hydrogens is 555 g/mol. The van der Waals surface area contributed by atoms with Crippen molar-refractivity contribution in [1.82, 2.24) is 24.7 Å². The standard InChI is InChI=1S/C32H38ClFN6O2/c1-20-17-39(31(41)21(2)34)14-15-40(20)30-25-18-38(4)28(24-11-5-8-22-9-6-12-26(33)29(22)24)16-27(25)35-32(36-30)42-19-23-10-7-13-37(23)3/h5-6,8-9,11-12,20,23,28H,2,7,10,13-19H2,1,3-4H3/t20-,23?,28?/m0/s1. The Morgan fingerprint density at radius 3 is 2.62 bits per heavy atom. The molecule has 42 heavy (non-hydrogen) atoms. The molecule has 1 aromatic heterocycles. The van der Waals surface area contributed by atoms with Gasteiger partial charge < -0.3 is 19.4 Å². The van der Waals surface area contributed by atoms with E-state index in [0.29, 0.717) is 51.3 Å². The Balaban J connectivity index is 1.36. The molecule has 2 saturated heterocycles. The van der Waals surface area contributed by atoms with Crippen LogP contribution in [0.25, 0.3) is 10.8 Å². The van der Waals surface area contributed by atoms with E-state index in [1.54, 1.807) is 0 Å². The van der Waals surface area contributed by atoms with Crippen LogP contribution in [0, 0.1) is 0 Å². The number of likely N-dealkylation sites (N-methyl/N-ethyl adjacent to an activating group) is 2. The van der Waals surface area contributed by atoms with Gasteiger partial charge in [-0.05, 0) is 57.4 Å². The van der Waals surface area contributed by atoms with Crippen molar-refractivity contribution in [2.75, 3.05) is 51.8 Å². The second-order valence-electron chi connectivity index (χ2n) is 11.9. The molecule has 2 fully saturated rings. The predicted molar refractivity (Wildman–Crippen MR) is 164 cm³/mol. The normalized spacial score (nSPS) is 23.3. The summed E-state index contributed by atoms with van der Waals surface area (Å²) in [6.07, 6.45) is 2.93. The number of piperazine rings is 1. The number of hydrogen-bond donors (Lipinski definition) is 0. The van der Waals surface area contributed by atoms with Crippen LogP contribution < -0.4 is 9.64 Å². The molecule has 6 rings (SSSR count). The minimum absolute atomic E-state index is 0.0696. The fourth-order valence-corrected chi connectivity index (χ4v) is 7.05. The zero-order valence-electron chi connectivity index (χ0n) is 24.5. The number of carbonyl (C=O) groups excluding carboxylic acids is 1. The Hall–Kier alpha value is -3.27. The lowest BCUT2D eigenvalue weighted by atomic mass is 9.90. The number of rotatable bonds is 6. The van der Waals surface area contributed by atoms with Gasteiger partial charge in [0.15, 0.2) is 5.83 Å². The lowest BCUT2D eigenvalue weighted by Crippen LogP contribution is -2.54. The van der Waals surface area contributed by atoms with Crippen LogP contribution in [-0.4, -0.2) is 89.5 Å². The minimum Gasteiger partial charge on any atom is -0.462 e. The van der Waals surface area contributed by atoms with Gasteiger partial charge in [0.05, 0.1) is 5.69 Å². The molecule has 3 aliphatic rings. The van der Waals surface area contributed by atoms with E-state index in [2.05, 4.69) is 59.6 Å². The molecule has 0 saturated carbocycles. The topological polar surface area (TPSA) is 65.0 Å². The number of benzene rings is 2. The molecule has 0 aliphatic carbocycles. The number of amides is 1. The quantitative estimate of drug-likeness (QED) is 0.373. The van der Waals surface area contributed by atoms with Crippen molar-refractivity contribution in [2.45, 2.75) is 50.9 Å². The average molecular weight is 593 g/mol. The van der Waals surface area contributed by atoms with Crippen molar-refractivity contribution in [2.24, 2.45) is 0 Å². The van der Waals surface area contributed by atoms with E-state index in [9.17, 15) is 9.18 Å². The number of fused-ring (bicyclic) bond motifs is 2. The van der Waals surface area contributed by atoms with E-state index in [0.717, 1.165) is 52.3 Å². The van der Waals surface area contributed by atoms with Gasteiger partial charge >= 0.3 is 6.01 Å². The predicted octanol–water partition coefficient (Wildman–Crippen LogP) is 5.01. The van der Waals surface area contributed by atoms with Crippen LogP contribution in [0.5, 0.6) is 6.01 Å². The van der Waals surface area contributed by atoms with Gasteiger partial charge in [-0.2, -0.15) is 9.97 Å². The summed E-state index contributed by atoms with van der Waals surface area (Å²) < 4.78 is 19.9. The van der Waals surface area contributed by atoms with Gasteiger partial charge in [0.25, 0.3) is 5.91 Å². The minimum atomic E-state index is -0.927. The molecule has 222 valence electrons. The van der Waals surface area contributed by atoms with Gasteiger partial charge in [-0.1, -0.05) is 48.5 Å². The lowest BCUT2D eigenvalue weighted by Gasteiger charge is -2.42. The third-order valence-corrected chi connectivity index (χ3v) is 9.43. The summed E-state index contributed by atoms with van der Waals surface area (Å²) in [5, 5.41) is 2.93. The Bertz CT molecular complexity index is 1510. The van der Waals surface area contributed by atoms with E-state index in [1.165, 1.54) is 10.5 Å². The molecule has 10 heteroatoms. The molecule has 3 aliphatic heterocycles. The van der Waals surface area contributed by atoms with E-state index < -0.39 is 11.7 Å². The van der Waals surface area contributed by atoms with Crippen LogP contribution in [0.4, 0.5) is 10.2 Å². The number of carbonyl (C=O) groups is 1. The highest BCUT2D eigenvalue weighted by Crippen LogP contribution is 2.40. The van der Waals surface area contributed by atoms with Gasteiger partial charge in [0, 0.05) is 66.7 Å². The third-order valence-electron chi connectivity index (χ3n) is 9.12. The first-order chi connectivity index (χ1) is 20.2. The lowest BCUT2D eigenvalue weighted by molar-refractivity contribution is -0.129. The summed E-state index contributed by atoms with van der Waals surface area (Å²) in [7, 11) is 4.25. The first-order valence-electron chi connectivity index (χ1n) is 14.7. The van der Waals surface area contributed by atoms with Crippen molar-refractivity contribution in [3.8, 4) is 6.01 Å². The molecule has 0 radical (unpaired) electrons. The number of anilines is 1. The highest BCUT2D eigenvalue weighted by atomic mass is 35.5. The highest BCUT2D eigenvalue weighted by molar-refractivity contribution is 6.35. The second-order valence-corrected chi connectivity index (χ2v) is 12.3. The third kappa shape index (κ3) is 5.45. The molecule has 0 N–H and O–H groups in total. The number of aromatic nitrogens is 2. The van der Waals surface area contributed by atoms with E-state index in [4.69, 9.17) is 26.3 Å². The smallest absolute Gasteiger partial charge is 0.318 e. The summed E-state index contributed by atoms with van der Waals surface area (Å²) in [5.74, 6) is -0.745. The summed E-state index contributed by atoms with van der Waals surface area (Å²) in [6, 6.07) is 13.1. The summed E-state index contributed by atoms with van der Waals surface area (Å²) in [4.78, 5) is 30.7. The first-order valence-corrected chi connectivity index (χ1v) is 15.1. The van der Waals surface area contributed by atoms with Gasteiger partial charge in [-0.15, -0.1) is 0 Å². The molecule has 0 spiro atoms. The molecule has 1 amide bonds. The zero-order valence-corrected chi connectivity index (χ0v) is 25.3. The fraction of sp³-hybridized carbons (Fsp3) is 0.469. The van der Waals surface area contributed by atoms with Crippen molar-refractivity contribution in [3.63, 3.8) is 0 Å². The molecule has 3 atom stereocenters. The van der Waals surface area contributed by atoms with E-state index in [1.807, 2.05) is 19.1 Å². The Labute approximate surface area is 251 Å². The van der Waals surface area contributed by atoms with Crippen molar-refractivity contribution < 1.29 is 13.9 Å². The van der Waals surface area contributed by atoms with E-state index in [-0.39, 0.29) is 12.1 Å². The Morgan fingerprint density at radius 2 is 1.90 bits per heavy atom. The SMILES string of the molecule is C=C(F)C(=O)N1CCN(c2nc(OCC3CCCN3C)nc3c2CN(C)C(c2cccc4cccc(Cl)c24)C3)[C@@H](C)C1. The maximum Gasteiger partial charge on any atom is 0.318 e. The molecular formula is C32H38ClFN6O2. The first kappa shape index (κ1) is 28.8. The van der Waals surface area contributed by atoms with Crippen molar-refractivity contribution >= 4 is 34.1 Å². The average Bonchev–Trinajstić information content (AvgIpc) is 3.39. The molecule has 2 aromatic carbocycles. The molecule has 0 bridgehead atoms. The highest BCUT2D eigenvalue weighted by Gasteiger charge is 2.35. The summed E-state index contributed by atoms with van der Waals surface area (Å²) in [6.45, 7) is 8.79. The van der Waals surface area contributed by atoms with Crippen molar-refractivity contribution in [1.29, 1.82) is 0 Å². The van der Waals surface area contributed by atoms with Crippen LogP contribution in [-0.2, 0) is 17.8 Å².